The highest BCUT2D eigenvalue weighted by atomic mass is 19.1. The van der Waals surface area contributed by atoms with Crippen molar-refractivity contribution < 1.29 is 19.0 Å². The van der Waals surface area contributed by atoms with E-state index in [0.717, 1.165) is 5.69 Å². The second-order valence-electron chi connectivity index (χ2n) is 4.87. The molecule has 1 N–H and O–H groups in total. The van der Waals surface area contributed by atoms with E-state index in [1.165, 1.54) is 19.2 Å². The van der Waals surface area contributed by atoms with Crippen molar-refractivity contribution in [2.24, 2.45) is 0 Å². The van der Waals surface area contributed by atoms with E-state index in [-0.39, 0.29) is 5.75 Å². The van der Waals surface area contributed by atoms with Gasteiger partial charge in [0, 0.05) is 12.7 Å². The molecule has 0 radical (unpaired) electrons. The third-order valence-corrected chi connectivity index (χ3v) is 3.30. The van der Waals surface area contributed by atoms with Gasteiger partial charge in [0.15, 0.2) is 11.6 Å². The third-order valence-electron chi connectivity index (χ3n) is 3.30. The number of hydrogen-bond acceptors (Lipinski definition) is 4. The fourth-order valence-electron chi connectivity index (χ4n) is 2.28. The second-order valence-corrected chi connectivity index (χ2v) is 4.87. The topological polar surface area (TPSA) is 62.7 Å². The molecule has 0 saturated carbocycles. The Bertz CT molecular complexity index is 649. The van der Waals surface area contributed by atoms with Gasteiger partial charge in [-0.2, -0.15) is 0 Å². The van der Waals surface area contributed by atoms with E-state index in [0.29, 0.717) is 12.1 Å². The normalized spacial score (nSPS) is 12.2. The van der Waals surface area contributed by atoms with Crippen molar-refractivity contribution in [3.8, 4) is 5.75 Å². The molecule has 0 aliphatic rings. The number of rotatable bonds is 6. The van der Waals surface area contributed by atoms with Gasteiger partial charge in [-0.3, -0.25) is 14.7 Å². The van der Waals surface area contributed by atoms with Crippen molar-refractivity contribution in [2.45, 2.75) is 12.6 Å². The fraction of sp³-hybridized carbons (Fsp3) is 0.250. The van der Waals surface area contributed by atoms with Crippen molar-refractivity contribution in [1.82, 2.24) is 9.88 Å². The molecule has 0 fully saturated rings. The minimum absolute atomic E-state index is 0.0836. The molecule has 0 aliphatic heterocycles. The van der Waals surface area contributed by atoms with E-state index in [2.05, 4.69) is 4.98 Å². The molecule has 6 heteroatoms. The van der Waals surface area contributed by atoms with Gasteiger partial charge in [-0.05, 0) is 36.9 Å². The minimum Gasteiger partial charge on any atom is -0.494 e. The highest BCUT2D eigenvalue weighted by Crippen LogP contribution is 2.26. The minimum atomic E-state index is -1.05. The van der Waals surface area contributed by atoms with Crippen LogP contribution in [-0.2, 0) is 11.3 Å². The number of benzene rings is 1. The highest BCUT2D eigenvalue weighted by molar-refractivity contribution is 5.75. The molecule has 0 amide bonds. The zero-order valence-electron chi connectivity index (χ0n) is 12.4. The smallest absolute Gasteiger partial charge is 0.325 e. The van der Waals surface area contributed by atoms with Crippen LogP contribution in [0.5, 0.6) is 5.75 Å². The number of ether oxygens (including phenoxy) is 1. The number of methoxy groups -OCH3 is 1. The maximum Gasteiger partial charge on any atom is 0.325 e. The molecule has 0 saturated heterocycles. The highest BCUT2D eigenvalue weighted by Gasteiger charge is 2.26. The summed E-state index contributed by atoms with van der Waals surface area (Å²) >= 11 is 0. The van der Waals surface area contributed by atoms with Gasteiger partial charge in [-0.15, -0.1) is 0 Å². The van der Waals surface area contributed by atoms with E-state index in [9.17, 15) is 14.3 Å². The van der Waals surface area contributed by atoms with Gasteiger partial charge in [-0.1, -0.05) is 12.1 Å². The van der Waals surface area contributed by atoms with Crippen LogP contribution >= 0.6 is 0 Å². The SMILES string of the molecule is COc1ccc(C(C(=O)O)N(C)Cc2ccccn2)cc1F. The standard InChI is InChI=1S/C16H17FN2O3/c1-19(10-12-5-3-4-8-18-12)15(16(20)21)11-6-7-14(22-2)13(17)9-11/h3-9,15H,10H2,1-2H3,(H,20,21). The Balaban J connectivity index is 2.26. The van der Waals surface area contributed by atoms with Crippen LogP contribution in [0, 0.1) is 5.82 Å². The Morgan fingerprint density at radius 2 is 2.18 bits per heavy atom. The number of carboxylic acid groups (broad SMARTS) is 1. The van der Waals surface area contributed by atoms with Crippen LogP contribution < -0.4 is 4.74 Å². The van der Waals surface area contributed by atoms with Crippen LogP contribution in [0.4, 0.5) is 4.39 Å². The number of nitrogens with zero attached hydrogens (tertiary/aromatic N) is 2. The molecule has 5 nitrogen and oxygen atoms in total. The van der Waals surface area contributed by atoms with E-state index in [1.54, 1.807) is 30.3 Å². The van der Waals surface area contributed by atoms with Crippen molar-refractivity contribution in [2.75, 3.05) is 14.2 Å². The first kappa shape index (κ1) is 15.9. The lowest BCUT2D eigenvalue weighted by Gasteiger charge is -2.24. The first-order valence-corrected chi connectivity index (χ1v) is 6.69. The molecule has 0 bridgehead atoms. The van der Waals surface area contributed by atoms with Crippen LogP contribution in [0.25, 0.3) is 0 Å². The molecule has 1 heterocycles. The monoisotopic (exact) mass is 304 g/mol. The lowest BCUT2D eigenvalue weighted by atomic mass is 10.0. The number of aliphatic carboxylic acids is 1. The van der Waals surface area contributed by atoms with Crippen molar-refractivity contribution in [1.29, 1.82) is 0 Å². The average Bonchev–Trinajstić information content (AvgIpc) is 2.48. The number of aromatic nitrogens is 1. The summed E-state index contributed by atoms with van der Waals surface area (Å²) in [5.41, 5.74) is 1.09. The Morgan fingerprint density at radius 3 is 2.73 bits per heavy atom. The second kappa shape index (κ2) is 7.00. The molecule has 116 valence electrons. The van der Waals surface area contributed by atoms with Gasteiger partial charge in [0.25, 0.3) is 0 Å². The van der Waals surface area contributed by atoms with Crippen molar-refractivity contribution >= 4 is 5.97 Å². The Hall–Kier alpha value is -2.47. The van der Waals surface area contributed by atoms with Crippen LogP contribution in [0.1, 0.15) is 17.3 Å². The number of carboxylic acids is 1. The predicted octanol–water partition coefficient (Wildman–Crippen LogP) is 2.49. The maximum atomic E-state index is 13.8. The van der Waals surface area contributed by atoms with E-state index >= 15 is 0 Å². The molecule has 0 spiro atoms. The number of likely N-dealkylation sites (N-methyl/N-ethyl adjacent to an activating group) is 1. The zero-order valence-corrected chi connectivity index (χ0v) is 12.4. The lowest BCUT2D eigenvalue weighted by Crippen LogP contribution is -2.30. The van der Waals surface area contributed by atoms with Crippen LogP contribution in [-0.4, -0.2) is 35.1 Å². The molecule has 2 rings (SSSR count). The first-order chi connectivity index (χ1) is 10.5. The predicted molar refractivity (Wildman–Crippen MR) is 79.0 cm³/mol. The molecular formula is C16H17FN2O3. The van der Waals surface area contributed by atoms with Crippen LogP contribution in [0.15, 0.2) is 42.6 Å². The summed E-state index contributed by atoms with van der Waals surface area (Å²) < 4.78 is 18.7. The summed E-state index contributed by atoms with van der Waals surface area (Å²) in [5, 5.41) is 9.48. The van der Waals surface area contributed by atoms with Crippen molar-refractivity contribution in [3.63, 3.8) is 0 Å². The Labute approximate surface area is 128 Å². The summed E-state index contributed by atoms with van der Waals surface area (Å²) in [6, 6.07) is 8.62. The number of halogens is 1. The maximum absolute atomic E-state index is 13.8. The van der Waals surface area contributed by atoms with E-state index in [1.807, 2.05) is 12.1 Å². The summed E-state index contributed by atoms with van der Waals surface area (Å²) in [4.78, 5) is 17.4. The molecule has 22 heavy (non-hydrogen) atoms. The van der Waals surface area contributed by atoms with Crippen LogP contribution in [0.2, 0.25) is 0 Å². The average molecular weight is 304 g/mol. The van der Waals surface area contributed by atoms with Gasteiger partial charge in [0.05, 0.1) is 12.8 Å². The molecule has 1 unspecified atom stereocenters. The third kappa shape index (κ3) is 3.59. The number of carbonyl (C=O) groups is 1. The summed E-state index contributed by atoms with van der Waals surface area (Å²) in [6.07, 6.45) is 1.64. The van der Waals surface area contributed by atoms with Crippen LogP contribution in [0.3, 0.4) is 0 Å². The Kier molecular flexibility index (Phi) is 5.06. The number of hydrogen-bond donors (Lipinski definition) is 1. The van der Waals surface area contributed by atoms with Gasteiger partial charge >= 0.3 is 5.97 Å². The summed E-state index contributed by atoms with van der Waals surface area (Å²) in [6.45, 7) is 0.339. The van der Waals surface area contributed by atoms with Gasteiger partial charge in [-0.25, -0.2) is 4.39 Å². The molecule has 0 aliphatic carbocycles. The quantitative estimate of drug-likeness (QED) is 0.888. The van der Waals surface area contributed by atoms with Gasteiger partial charge in [0.1, 0.15) is 6.04 Å². The van der Waals surface area contributed by atoms with Gasteiger partial charge in [0.2, 0.25) is 0 Å². The largest absolute Gasteiger partial charge is 0.494 e. The van der Waals surface area contributed by atoms with Gasteiger partial charge < -0.3 is 9.84 Å². The molecule has 1 aromatic carbocycles. The van der Waals surface area contributed by atoms with E-state index < -0.39 is 17.8 Å². The molecule has 2 aromatic rings. The first-order valence-electron chi connectivity index (χ1n) is 6.69. The zero-order chi connectivity index (χ0) is 16.1. The molecular weight excluding hydrogens is 287 g/mol. The van der Waals surface area contributed by atoms with E-state index in [4.69, 9.17) is 4.74 Å². The summed E-state index contributed by atoms with van der Waals surface area (Å²) in [5.74, 6) is -1.55. The van der Waals surface area contributed by atoms with Crippen molar-refractivity contribution in [3.05, 3.63) is 59.7 Å². The summed E-state index contributed by atoms with van der Waals surface area (Å²) in [7, 11) is 3.02. The lowest BCUT2D eigenvalue weighted by molar-refractivity contribution is -0.143. The Morgan fingerprint density at radius 1 is 1.41 bits per heavy atom. The molecule has 1 atom stereocenters. The fourth-order valence-corrected chi connectivity index (χ4v) is 2.28. The number of pyridine rings is 1. The molecule has 1 aromatic heterocycles.